The fourth-order valence-corrected chi connectivity index (χ4v) is 0.808. The van der Waals surface area contributed by atoms with E-state index in [4.69, 9.17) is 0 Å². The molecule has 0 aliphatic carbocycles. The maximum Gasteiger partial charge on any atom is -0.0348 e. The molecule has 0 fully saturated rings. The number of unbranched alkanes of at least 4 members (excludes halogenated alkanes) is 4. The molecule has 0 unspecified atom stereocenters. The Hall–Kier alpha value is -0.520. The van der Waals surface area contributed by atoms with Gasteiger partial charge in [0, 0.05) is 0 Å². The molecule has 1 radical (unpaired) electrons. The van der Waals surface area contributed by atoms with E-state index in [-0.39, 0.29) is 0 Å². The second-order valence-electron chi connectivity index (χ2n) is 2.37. The molecule has 10 heavy (non-hydrogen) atoms. The number of rotatable bonds is 6. The summed E-state index contributed by atoms with van der Waals surface area (Å²) in [5.74, 6) is 0. The Labute approximate surface area is 64.6 Å². The van der Waals surface area contributed by atoms with Gasteiger partial charge in [-0.05, 0) is 12.8 Å². The van der Waals surface area contributed by atoms with Gasteiger partial charge in [0.25, 0.3) is 0 Å². The van der Waals surface area contributed by atoms with Gasteiger partial charge in [0.2, 0.25) is 0 Å². The minimum absolute atomic E-state index is 1.07. The van der Waals surface area contributed by atoms with Crippen LogP contribution in [-0.4, -0.2) is 0 Å². The third kappa shape index (κ3) is 7.48. The summed E-state index contributed by atoms with van der Waals surface area (Å²) in [5.41, 5.74) is 0. The van der Waals surface area contributed by atoms with Crippen LogP contribution in [0.2, 0.25) is 0 Å². The van der Waals surface area contributed by atoms with Crippen molar-refractivity contribution in [3.63, 3.8) is 0 Å². The van der Waals surface area contributed by atoms with Gasteiger partial charge in [-0.3, -0.25) is 0 Å². The lowest BCUT2D eigenvalue weighted by molar-refractivity contribution is 0.695. The smallest absolute Gasteiger partial charge is 0.0348 e. The van der Waals surface area contributed by atoms with Crippen LogP contribution < -0.4 is 0 Å². The highest BCUT2D eigenvalue weighted by atomic mass is 13.9. The zero-order valence-corrected chi connectivity index (χ0v) is 6.68. The van der Waals surface area contributed by atoms with E-state index in [1.807, 2.05) is 12.2 Å². The van der Waals surface area contributed by atoms with Crippen LogP contribution in [-0.2, 0) is 0 Å². The summed E-state index contributed by atoms with van der Waals surface area (Å²) in [6.45, 7) is 7.38. The lowest BCUT2D eigenvalue weighted by atomic mass is 10.1. The SMILES string of the molecule is [CH2]CCCCCC=CC=C. The second-order valence-corrected chi connectivity index (χ2v) is 2.37. The van der Waals surface area contributed by atoms with E-state index in [9.17, 15) is 0 Å². The minimum Gasteiger partial charge on any atom is -0.0991 e. The van der Waals surface area contributed by atoms with Crippen molar-refractivity contribution in [1.29, 1.82) is 0 Å². The summed E-state index contributed by atoms with van der Waals surface area (Å²) in [4.78, 5) is 0. The van der Waals surface area contributed by atoms with Crippen LogP contribution in [0.1, 0.15) is 32.1 Å². The van der Waals surface area contributed by atoms with Crippen LogP contribution in [0.15, 0.2) is 24.8 Å². The lowest BCUT2D eigenvalue weighted by Gasteiger charge is -1.92. The first-order valence-corrected chi connectivity index (χ1v) is 3.98. The van der Waals surface area contributed by atoms with Crippen LogP contribution in [0.4, 0.5) is 0 Å². The third-order valence-corrected chi connectivity index (χ3v) is 1.39. The van der Waals surface area contributed by atoms with Crippen molar-refractivity contribution in [2.75, 3.05) is 0 Å². The Kier molecular flexibility index (Phi) is 8.04. The van der Waals surface area contributed by atoms with Crippen molar-refractivity contribution in [2.24, 2.45) is 0 Å². The Morgan fingerprint density at radius 2 is 1.90 bits per heavy atom. The maximum atomic E-state index is 3.79. The first-order chi connectivity index (χ1) is 4.91. The molecule has 0 rings (SSSR count). The topological polar surface area (TPSA) is 0 Å². The lowest BCUT2D eigenvalue weighted by Crippen LogP contribution is -1.72. The van der Waals surface area contributed by atoms with Gasteiger partial charge in [0.1, 0.15) is 0 Å². The highest BCUT2D eigenvalue weighted by Crippen LogP contribution is 2.02. The summed E-state index contributed by atoms with van der Waals surface area (Å²) < 4.78 is 0. The molecule has 0 aromatic rings. The van der Waals surface area contributed by atoms with Gasteiger partial charge >= 0.3 is 0 Å². The van der Waals surface area contributed by atoms with E-state index in [0.717, 1.165) is 6.42 Å². The molecule has 0 nitrogen and oxygen atoms in total. The molecular formula is C10H17. The van der Waals surface area contributed by atoms with Gasteiger partial charge in [-0.2, -0.15) is 0 Å². The van der Waals surface area contributed by atoms with E-state index in [1.54, 1.807) is 0 Å². The fraction of sp³-hybridized carbons (Fsp3) is 0.500. The minimum atomic E-state index is 1.07. The largest absolute Gasteiger partial charge is 0.0991 e. The summed E-state index contributed by atoms with van der Waals surface area (Å²) in [6.07, 6.45) is 12.1. The van der Waals surface area contributed by atoms with Gasteiger partial charge in [0.05, 0.1) is 0 Å². The van der Waals surface area contributed by atoms with Crippen LogP contribution >= 0.6 is 0 Å². The molecule has 0 saturated heterocycles. The molecule has 0 heteroatoms. The van der Waals surface area contributed by atoms with Gasteiger partial charge in [-0.15, -0.1) is 0 Å². The molecule has 0 aromatic carbocycles. The second kappa shape index (κ2) is 8.48. The molecule has 0 aliphatic rings. The molecule has 0 aromatic heterocycles. The van der Waals surface area contributed by atoms with Gasteiger partial charge in [-0.1, -0.05) is 51.0 Å². The molecule has 57 valence electrons. The van der Waals surface area contributed by atoms with Crippen molar-refractivity contribution in [3.05, 3.63) is 31.7 Å². The highest BCUT2D eigenvalue weighted by molar-refractivity contribution is 4.96. The Balaban J connectivity index is 2.90. The molecule has 0 N–H and O–H groups in total. The average Bonchev–Trinajstić information content (AvgIpc) is 1.97. The quantitative estimate of drug-likeness (QED) is 0.388. The fourth-order valence-electron chi connectivity index (χ4n) is 0.808. The monoisotopic (exact) mass is 137 g/mol. The maximum absolute atomic E-state index is 3.79. The number of allylic oxidation sites excluding steroid dienone is 3. The van der Waals surface area contributed by atoms with Crippen molar-refractivity contribution in [1.82, 2.24) is 0 Å². The zero-order valence-electron chi connectivity index (χ0n) is 6.68. The zero-order chi connectivity index (χ0) is 7.66. The van der Waals surface area contributed by atoms with E-state index >= 15 is 0 Å². The number of hydrogen-bond acceptors (Lipinski definition) is 0. The predicted octanol–water partition coefficient (Wildman–Crippen LogP) is 3.51. The molecule has 0 heterocycles. The molecule has 0 saturated carbocycles. The van der Waals surface area contributed by atoms with E-state index in [0.29, 0.717) is 0 Å². The van der Waals surface area contributed by atoms with Gasteiger partial charge in [-0.25, -0.2) is 0 Å². The molecule has 0 spiro atoms. The van der Waals surface area contributed by atoms with Crippen LogP contribution in [0.5, 0.6) is 0 Å². The van der Waals surface area contributed by atoms with Crippen molar-refractivity contribution >= 4 is 0 Å². The Morgan fingerprint density at radius 3 is 2.50 bits per heavy atom. The standard InChI is InChI=1S/C10H17/c1-3-5-7-9-10-8-6-4-2/h3,5,7H,1-2,4,6,8-10H2. The van der Waals surface area contributed by atoms with Crippen molar-refractivity contribution in [3.8, 4) is 0 Å². The molecule has 0 bridgehead atoms. The van der Waals surface area contributed by atoms with Gasteiger partial charge in [0.15, 0.2) is 0 Å². The highest BCUT2D eigenvalue weighted by Gasteiger charge is 1.82. The summed E-state index contributed by atoms with van der Waals surface area (Å²) >= 11 is 0. The van der Waals surface area contributed by atoms with Crippen LogP contribution in [0, 0.1) is 6.92 Å². The molecule has 0 aliphatic heterocycles. The molecule has 0 amide bonds. The summed E-state index contributed by atoms with van der Waals surface area (Å²) in [5, 5.41) is 0. The third-order valence-electron chi connectivity index (χ3n) is 1.39. The Morgan fingerprint density at radius 1 is 1.10 bits per heavy atom. The first kappa shape index (κ1) is 9.48. The first-order valence-electron chi connectivity index (χ1n) is 3.98. The average molecular weight is 137 g/mol. The normalized spacial score (nSPS) is 10.5. The predicted molar refractivity (Wildman–Crippen MR) is 47.8 cm³/mol. The summed E-state index contributed by atoms with van der Waals surface area (Å²) in [6, 6.07) is 0. The van der Waals surface area contributed by atoms with Crippen molar-refractivity contribution < 1.29 is 0 Å². The number of hydrogen-bond donors (Lipinski definition) is 0. The van der Waals surface area contributed by atoms with E-state index in [1.165, 1.54) is 25.7 Å². The Bertz CT molecular complexity index is 90.2. The van der Waals surface area contributed by atoms with Crippen LogP contribution in [0.3, 0.4) is 0 Å². The van der Waals surface area contributed by atoms with E-state index < -0.39 is 0 Å². The van der Waals surface area contributed by atoms with Crippen LogP contribution in [0.25, 0.3) is 0 Å². The van der Waals surface area contributed by atoms with Gasteiger partial charge < -0.3 is 0 Å². The molecule has 0 atom stereocenters. The van der Waals surface area contributed by atoms with E-state index in [2.05, 4.69) is 19.6 Å². The summed E-state index contributed by atoms with van der Waals surface area (Å²) in [7, 11) is 0. The molecular weight excluding hydrogens is 120 g/mol. The van der Waals surface area contributed by atoms with Crippen molar-refractivity contribution in [2.45, 2.75) is 32.1 Å².